The summed E-state index contributed by atoms with van der Waals surface area (Å²) in [6, 6.07) is 0. The maximum atomic E-state index is 15.0. The van der Waals surface area contributed by atoms with Crippen molar-refractivity contribution < 1.29 is 57.9 Å². The first kappa shape index (κ1) is 59.3. The van der Waals surface area contributed by atoms with Gasteiger partial charge in [0.2, 0.25) is 5.60 Å². The highest BCUT2D eigenvalue weighted by Crippen LogP contribution is 2.66. The van der Waals surface area contributed by atoms with Crippen LogP contribution in [0, 0.1) is 39.4 Å². The molecule has 2 N–H and O–H groups in total. The third kappa shape index (κ3) is 10.8. The second-order valence-electron chi connectivity index (χ2n) is 24.0. The summed E-state index contributed by atoms with van der Waals surface area (Å²) < 4.78 is 30.7. The van der Waals surface area contributed by atoms with Gasteiger partial charge < -0.3 is 33.9 Å². The van der Waals surface area contributed by atoms with Crippen molar-refractivity contribution in [2.45, 2.75) is 263 Å². The molecule has 9 atom stereocenters. The van der Waals surface area contributed by atoms with Crippen LogP contribution in [0.25, 0.3) is 0 Å². The minimum atomic E-state index is -1.51. The zero-order valence-corrected chi connectivity index (χ0v) is 37.0. The summed E-state index contributed by atoms with van der Waals surface area (Å²) >= 11 is 0. The quantitative estimate of drug-likeness (QED) is 0.140. The lowest BCUT2D eigenvalue weighted by atomic mass is 9.46. The van der Waals surface area contributed by atoms with E-state index in [-0.39, 0.29) is 113 Å². The largest absolute Gasteiger partial charge is 0.460 e. The van der Waals surface area contributed by atoms with Gasteiger partial charge in [0.15, 0.2) is 0 Å². The number of ether oxygens (including phenoxy) is 5. The van der Waals surface area contributed by atoms with Crippen LogP contribution in [-0.4, -0.2) is 79.3 Å². The van der Waals surface area contributed by atoms with Crippen LogP contribution in [0.15, 0.2) is 0 Å². The maximum absolute atomic E-state index is 15.0. The van der Waals surface area contributed by atoms with Crippen molar-refractivity contribution in [3.05, 3.63) is 0 Å². The Labute approximate surface area is 388 Å². The number of aliphatic hydroxyl groups is 2. The molecule has 9 aliphatic rings. The maximum Gasteiger partial charge on any atom is 0.351 e. The number of esters is 5. The predicted octanol–water partition coefficient (Wildman–Crippen LogP) is 11.0. The molecule has 0 radical (unpaired) electrons. The third-order valence-electron chi connectivity index (χ3n) is 15.2. The van der Waals surface area contributed by atoms with Gasteiger partial charge in [-0.05, 0) is 164 Å². The fourth-order valence-electron chi connectivity index (χ4n) is 14.1. The zero-order valence-electron chi connectivity index (χ0n) is 37.0. The molecule has 0 spiro atoms. The Morgan fingerprint density at radius 1 is 0.609 bits per heavy atom. The van der Waals surface area contributed by atoms with Gasteiger partial charge in [-0.2, -0.15) is 0 Å². The Hall–Kier alpha value is -2.73. The highest BCUT2D eigenvalue weighted by atomic mass is 16.6. The van der Waals surface area contributed by atoms with Crippen LogP contribution in [0.1, 0.15) is 223 Å². The van der Waals surface area contributed by atoms with E-state index in [1.165, 1.54) is 0 Å². The van der Waals surface area contributed by atoms with E-state index in [0.29, 0.717) is 51.4 Å². The van der Waals surface area contributed by atoms with Crippen molar-refractivity contribution >= 4 is 29.8 Å². The molecular weight excluding hydrogens is 817 g/mol. The van der Waals surface area contributed by atoms with E-state index in [1.54, 1.807) is 48.5 Å². The minimum Gasteiger partial charge on any atom is -0.460 e. The highest BCUT2D eigenvalue weighted by Gasteiger charge is 2.69. The summed E-state index contributed by atoms with van der Waals surface area (Å²) in [4.78, 5) is 70.8. The van der Waals surface area contributed by atoms with Crippen molar-refractivity contribution in [3.8, 4) is 0 Å². The summed E-state index contributed by atoms with van der Waals surface area (Å²) in [6.07, 6.45) is 6.78. The summed E-state index contributed by atoms with van der Waals surface area (Å²) in [5.74, 6) is -2.29. The molecule has 9 fully saturated rings. The summed E-state index contributed by atoms with van der Waals surface area (Å²) in [5, 5.41) is 23.4. The standard InChI is InChI=1S/C46H70O12.6CH4/c1-12-39(9,32(48)58-46-20-30-14-42(25-46,24-44(53,17-30)27-46)35(51)54-36(2,3)4)23-40(10,21-37(5,6)31(47)56-41(11)22-38(7,8)55-34(41)50)33(49)57-45-18-28-13-29(19-45)16-43(52,15-28)26-45;;;;;;/h28-30,52-53H,12-27H2,1-11H3;6*1H4. The summed E-state index contributed by atoms with van der Waals surface area (Å²) in [5.41, 5.74) is -12.1. The van der Waals surface area contributed by atoms with Crippen LogP contribution in [0.2, 0.25) is 0 Å². The first-order valence-corrected chi connectivity index (χ1v) is 21.9. The van der Waals surface area contributed by atoms with E-state index in [1.807, 2.05) is 27.7 Å². The lowest BCUT2D eigenvalue weighted by Gasteiger charge is -2.63. The van der Waals surface area contributed by atoms with E-state index in [4.69, 9.17) is 23.7 Å². The van der Waals surface area contributed by atoms with Gasteiger partial charge in [-0.15, -0.1) is 0 Å². The number of carbonyl (C=O) groups is 5. The molecule has 1 saturated heterocycles. The molecular formula is C52H94O12. The van der Waals surface area contributed by atoms with Gasteiger partial charge >= 0.3 is 29.8 Å². The molecule has 1 aliphatic heterocycles. The second-order valence-corrected chi connectivity index (χ2v) is 24.0. The van der Waals surface area contributed by atoms with Gasteiger partial charge in [-0.3, -0.25) is 19.2 Å². The molecule has 0 aromatic carbocycles. The van der Waals surface area contributed by atoms with E-state index in [2.05, 4.69) is 0 Å². The molecule has 0 amide bonds. The summed E-state index contributed by atoms with van der Waals surface area (Å²) in [6.45, 7) is 19.3. The van der Waals surface area contributed by atoms with Crippen LogP contribution in [0.5, 0.6) is 0 Å². The van der Waals surface area contributed by atoms with Crippen LogP contribution in [0.3, 0.4) is 0 Å². The topological polar surface area (TPSA) is 172 Å². The average molecular weight is 911 g/mol. The molecule has 8 saturated carbocycles. The second kappa shape index (κ2) is 18.1. The molecule has 0 aromatic heterocycles. The normalized spacial score (nSPS) is 37.7. The first-order chi connectivity index (χ1) is 26.3. The van der Waals surface area contributed by atoms with Crippen molar-refractivity contribution in [1.82, 2.24) is 0 Å². The molecule has 12 heteroatoms. The predicted molar refractivity (Wildman–Crippen MR) is 251 cm³/mol. The monoisotopic (exact) mass is 911 g/mol. The van der Waals surface area contributed by atoms with Crippen molar-refractivity contribution in [1.29, 1.82) is 0 Å². The third-order valence-corrected chi connectivity index (χ3v) is 15.2. The Balaban J connectivity index is 0.00000341. The highest BCUT2D eigenvalue weighted by molar-refractivity contribution is 5.88. The SMILES string of the molecule is C.C.C.C.C.C.CCC(C)(CC(C)(CC(C)(C)C(=O)OC1(C)CC(C)(C)OC1=O)C(=O)OC12CC3CC(CC(O)(C3)C1)C2)C(=O)OC12CC3CC(O)(C1)CC(C(=O)OC(C)(C)C)(C3)C2. The molecule has 374 valence electrons. The van der Waals surface area contributed by atoms with Gasteiger partial charge in [0, 0.05) is 25.7 Å². The van der Waals surface area contributed by atoms with Crippen molar-refractivity contribution in [2.75, 3.05) is 0 Å². The van der Waals surface area contributed by atoms with E-state index >= 15 is 4.79 Å². The minimum absolute atomic E-state index is 0. The Morgan fingerprint density at radius 3 is 1.59 bits per heavy atom. The number of cyclic esters (lactones) is 1. The Morgan fingerprint density at radius 2 is 1.11 bits per heavy atom. The molecule has 0 aromatic rings. The smallest absolute Gasteiger partial charge is 0.351 e. The zero-order chi connectivity index (χ0) is 43.0. The van der Waals surface area contributed by atoms with Crippen molar-refractivity contribution in [3.63, 3.8) is 0 Å². The fraction of sp³-hybridized carbons (Fsp3) is 0.904. The van der Waals surface area contributed by atoms with Gasteiger partial charge in [0.05, 0.1) is 32.9 Å². The fourth-order valence-corrected chi connectivity index (χ4v) is 14.1. The molecule has 9 unspecified atom stereocenters. The molecule has 64 heavy (non-hydrogen) atoms. The van der Waals surface area contributed by atoms with E-state index in [0.717, 1.165) is 6.42 Å². The van der Waals surface area contributed by atoms with Crippen LogP contribution >= 0.6 is 0 Å². The molecule has 8 aliphatic carbocycles. The average Bonchev–Trinajstić information content (AvgIpc) is 3.21. The number of carbonyl (C=O) groups excluding carboxylic acids is 5. The first-order valence-electron chi connectivity index (χ1n) is 21.9. The van der Waals surface area contributed by atoms with Gasteiger partial charge in [-0.1, -0.05) is 51.5 Å². The van der Waals surface area contributed by atoms with Crippen molar-refractivity contribution in [2.24, 2.45) is 39.4 Å². The number of hydrogen-bond acceptors (Lipinski definition) is 12. The van der Waals surface area contributed by atoms with Crippen LogP contribution in [-0.2, 0) is 47.7 Å². The number of rotatable bonds is 12. The Bertz CT molecular complexity index is 1750. The molecule has 1 heterocycles. The number of hydrogen-bond donors (Lipinski definition) is 2. The molecule has 8 bridgehead atoms. The lowest BCUT2D eigenvalue weighted by Crippen LogP contribution is -2.67. The van der Waals surface area contributed by atoms with Crippen LogP contribution < -0.4 is 0 Å². The van der Waals surface area contributed by atoms with E-state index in [9.17, 15) is 29.4 Å². The van der Waals surface area contributed by atoms with Gasteiger partial charge in [0.1, 0.15) is 22.4 Å². The van der Waals surface area contributed by atoms with Gasteiger partial charge in [-0.25, -0.2) is 4.79 Å². The van der Waals surface area contributed by atoms with Crippen LogP contribution in [0.4, 0.5) is 0 Å². The molecule has 12 nitrogen and oxygen atoms in total. The Kier molecular flexibility index (Phi) is 16.7. The molecule has 9 rings (SSSR count). The lowest BCUT2D eigenvalue weighted by molar-refractivity contribution is -0.254. The van der Waals surface area contributed by atoms with Gasteiger partial charge in [0.25, 0.3) is 0 Å². The summed E-state index contributed by atoms with van der Waals surface area (Å²) in [7, 11) is 0. The van der Waals surface area contributed by atoms with E-state index < -0.39 is 84.7 Å².